The molecule has 0 aliphatic rings. The Morgan fingerprint density at radius 3 is 2.85 bits per heavy atom. The molecule has 0 aliphatic heterocycles. The first-order valence-electron chi connectivity index (χ1n) is 3.90. The van der Waals surface area contributed by atoms with Crippen LogP contribution >= 0.6 is 11.6 Å². The van der Waals surface area contributed by atoms with Crippen LogP contribution in [0.2, 0.25) is 5.02 Å². The Labute approximate surface area is 83.0 Å². The molecule has 0 saturated carbocycles. The van der Waals surface area contributed by atoms with Gasteiger partial charge in [0.2, 0.25) is 0 Å². The van der Waals surface area contributed by atoms with E-state index in [1.165, 1.54) is 0 Å². The van der Waals surface area contributed by atoms with Crippen LogP contribution in [0, 0.1) is 0 Å². The lowest BCUT2D eigenvalue weighted by Gasteiger charge is -2.09. The summed E-state index contributed by atoms with van der Waals surface area (Å²) in [5.41, 5.74) is 6.69. The van der Waals surface area contributed by atoms with Crippen LogP contribution in [0.3, 0.4) is 0 Å². The van der Waals surface area contributed by atoms with E-state index in [2.05, 4.69) is 6.58 Å². The Morgan fingerprint density at radius 2 is 2.31 bits per heavy atom. The fourth-order valence-electron chi connectivity index (χ4n) is 1.02. The maximum absolute atomic E-state index is 5.85. The van der Waals surface area contributed by atoms with Crippen LogP contribution in [0.1, 0.15) is 11.6 Å². The van der Waals surface area contributed by atoms with Gasteiger partial charge in [0.15, 0.2) is 0 Å². The van der Waals surface area contributed by atoms with Gasteiger partial charge < -0.3 is 10.5 Å². The van der Waals surface area contributed by atoms with Crippen molar-refractivity contribution in [2.45, 2.75) is 6.04 Å². The zero-order valence-electron chi connectivity index (χ0n) is 7.46. The van der Waals surface area contributed by atoms with Crippen molar-refractivity contribution in [1.82, 2.24) is 0 Å². The van der Waals surface area contributed by atoms with Crippen molar-refractivity contribution in [3.63, 3.8) is 0 Å². The number of hydrogen-bond donors (Lipinski definition) is 1. The lowest BCUT2D eigenvalue weighted by atomic mass is 10.1. The highest BCUT2D eigenvalue weighted by molar-refractivity contribution is 6.32. The zero-order valence-corrected chi connectivity index (χ0v) is 8.21. The molecule has 2 nitrogen and oxygen atoms in total. The zero-order chi connectivity index (χ0) is 9.84. The van der Waals surface area contributed by atoms with Crippen molar-refractivity contribution >= 4 is 11.6 Å². The number of ether oxygens (including phenoxy) is 1. The van der Waals surface area contributed by atoms with E-state index < -0.39 is 0 Å². The van der Waals surface area contributed by atoms with Gasteiger partial charge in [0.05, 0.1) is 12.1 Å². The van der Waals surface area contributed by atoms with Crippen LogP contribution in [0.5, 0.6) is 5.75 Å². The van der Waals surface area contributed by atoms with Gasteiger partial charge in [0, 0.05) is 6.04 Å². The van der Waals surface area contributed by atoms with Crippen molar-refractivity contribution in [2.24, 2.45) is 5.73 Å². The highest BCUT2D eigenvalue weighted by Gasteiger charge is 2.05. The van der Waals surface area contributed by atoms with Crippen molar-refractivity contribution in [2.75, 3.05) is 7.11 Å². The van der Waals surface area contributed by atoms with Crippen LogP contribution in [0.15, 0.2) is 30.9 Å². The molecule has 1 aromatic carbocycles. The molecule has 0 aliphatic carbocycles. The summed E-state index contributed by atoms with van der Waals surface area (Å²) in [5.74, 6) is 0.636. The molecule has 0 unspecified atom stereocenters. The molecule has 2 N–H and O–H groups in total. The Hall–Kier alpha value is -0.990. The van der Waals surface area contributed by atoms with Gasteiger partial charge in [-0.1, -0.05) is 23.7 Å². The molecule has 3 heteroatoms. The minimum Gasteiger partial charge on any atom is -0.495 e. The minimum absolute atomic E-state index is 0.175. The fourth-order valence-corrected chi connectivity index (χ4v) is 1.21. The number of methoxy groups -OCH3 is 1. The molecular formula is C10H12ClNO. The van der Waals surface area contributed by atoms with E-state index in [1.807, 2.05) is 12.1 Å². The molecule has 0 aromatic heterocycles. The number of halogens is 1. The summed E-state index contributed by atoms with van der Waals surface area (Å²) >= 11 is 5.85. The van der Waals surface area contributed by atoms with Crippen LogP contribution < -0.4 is 10.5 Å². The summed E-state index contributed by atoms with van der Waals surface area (Å²) in [5, 5.41) is 0.586. The van der Waals surface area contributed by atoms with Crippen LogP contribution in [0.25, 0.3) is 0 Å². The third-order valence-corrected chi connectivity index (χ3v) is 2.13. The predicted molar refractivity (Wildman–Crippen MR) is 55.1 cm³/mol. The minimum atomic E-state index is -0.175. The van der Waals surface area contributed by atoms with Gasteiger partial charge >= 0.3 is 0 Å². The highest BCUT2D eigenvalue weighted by atomic mass is 35.5. The quantitative estimate of drug-likeness (QED) is 0.756. The monoisotopic (exact) mass is 197 g/mol. The van der Waals surface area contributed by atoms with Crippen molar-refractivity contribution < 1.29 is 4.74 Å². The molecule has 1 aromatic rings. The molecule has 1 atom stereocenters. The number of benzene rings is 1. The first-order chi connectivity index (χ1) is 6.19. The van der Waals surface area contributed by atoms with Gasteiger partial charge in [-0.05, 0) is 17.7 Å². The number of nitrogens with two attached hydrogens (primary N) is 1. The van der Waals surface area contributed by atoms with Gasteiger partial charge in [-0.25, -0.2) is 0 Å². The van der Waals surface area contributed by atoms with Crippen LogP contribution in [-0.2, 0) is 0 Å². The molecule has 0 saturated heterocycles. The van der Waals surface area contributed by atoms with Crippen LogP contribution in [0.4, 0.5) is 0 Å². The Kier molecular flexibility index (Phi) is 3.34. The second-order valence-corrected chi connectivity index (χ2v) is 3.06. The second kappa shape index (κ2) is 4.30. The molecule has 0 amide bonds. The van der Waals surface area contributed by atoms with Crippen molar-refractivity contribution in [1.29, 1.82) is 0 Å². The predicted octanol–water partition coefficient (Wildman–Crippen LogP) is 2.53. The molecule has 13 heavy (non-hydrogen) atoms. The Morgan fingerprint density at radius 1 is 1.62 bits per heavy atom. The third-order valence-electron chi connectivity index (χ3n) is 1.81. The smallest absolute Gasteiger partial charge is 0.137 e. The van der Waals surface area contributed by atoms with E-state index in [9.17, 15) is 0 Å². The van der Waals surface area contributed by atoms with Gasteiger partial charge in [-0.3, -0.25) is 0 Å². The Balaban J connectivity index is 3.05. The maximum Gasteiger partial charge on any atom is 0.137 e. The first-order valence-corrected chi connectivity index (χ1v) is 4.28. The molecule has 0 radical (unpaired) electrons. The normalized spacial score (nSPS) is 12.2. The lowest BCUT2D eigenvalue weighted by Crippen LogP contribution is -2.06. The molecule has 0 heterocycles. The van der Waals surface area contributed by atoms with Gasteiger partial charge in [0.25, 0.3) is 0 Å². The molecule has 0 bridgehead atoms. The average Bonchev–Trinajstić information content (AvgIpc) is 2.17. The van der Waals surface area contributed by atoms with Gasteiger partial charge in [0.1, 0.15) is 5.75 Å². The molecule has 0 spiro atoms. The highest BCUT2D eigenvalue weighted by Crippen LogP contribution is 2.27. The summed E-state index contributed by atoms with van der Waals surface area (Å²) in [7, 11) is 1.57. The first kappa shape index (κ1) is 10.1. The number of rotatable bonds is 3. The average molecular weight is 198 g/mol. The molecule has 70 valence electrons. The SMILES string of the molecule is C=C[C@@H](N)c1ccc(Cl)c(OC)c1. The van der Waals surface area contributed by atoms with Crippen molar-refractivity contribution in [3.05, 3.63) is 41.4 Å². The summed E-state index contributed by atoms with van der Waals surface area (Å²) in [6.45, 7) is 3.62. The maximum atomic E-state index is 5.85. The van der Waals surface area contributed by atoms with E-state index in [-0.39, 0.29) is 6.04 Å². The molecular weight excluding hydrogens is 186 g/mol. The summed E-state index contributed by atoms with van der Waals surface area (Å²) in [6.07, 6.45) is 1.67. The van der Waals surface area contributed by atoms with E-state index >= 15 is 0 Å². The van der Waals surface area contributed by atoms with Gasteiger partial charge in [-0.2, -0.15) is 0 Å². The number of hydrogen-bond acceptors (Lipinski definition) is 2. The summed E-state index contributed by atoms with van der Waals surface area (Å²) in [4.78, 5) is 0. The van der Waals surface area contributed by atoms with E-state index in [0.29, 0.717) is 10.8 Å². The van der Waals surface area contributed by atoms with Crippen molar-refractivity contribution in [3.8, 4) is 5.75 Å². The Bertz CT molecular complexity index is 312. The fraction of sp³-hybridized carbons (Fsp3) is 0.200. The largest absolute Gasteiger partial charge is 0.495 e. The standard InChI is InChI=1S/C10H12ClNO/c1-3-9(12)7-4-5-8(11)10(6-7)13-2/h3-6,9H,1,12H2,2H3/t9-/m1/s1. The second-order valence-electron chi connectivity index (χ2n) is 2.66. The van der Waals surface area contributed by atoms with Gasteiger partial charge in [-0.15, -0.1) is 6.58 Å². The van der Waals surface area contributed by atoms with E-state index in [1.54, 1.807) is 19.3 Å². The van der Waals surface area contributed by atoms with E-state index in [4.69, 9.17) is 22.1 Å². The summed E-state index contributed by atoms with van der Waals surface area (Å²) in [6, 6.07) is 5.26. The third kappa shape index (κ3) is 2.23. The topological polar surface area (TPSA) is 35.2 Å². The lowest BCUT2D eigenvalue weighted by molar-refractivity contribution is 0.414. The van der Waals surface area contributed by atoms with E-state index in [0.717, 1.165) is 5.56 Å². The molecule has 1 rings (SSSR count). The molecule has 0 fully saturated rings. The summed E-state index contributed by atoms with van der Waals surface area (Å²) < 4.78 is 5.06. The van der Waals surface area contributed by atoms with Crippen LogP contribution in [-0.4, -0.2) is 7.11 Å².